The summed E-state index contributed by atoms with van der Waals surface area (Å²) in [5.41, 5.74) is 3.76. The van der Waals surface area contributed by atoms with Gasteiger partial charge in [-0.05, 0) is 26.3 Å². The summed E-state index contributed by atoms with van der Waals surface area (Å²) in [5.74, 6) is 0.834. The van der Waals surface area contributed by atoms with Crippen LogP contribution in [0.4, 0.5) is 0 Å². The summed E-state index contributed by atoms with van der Waals surface area (Å²) in [6.07, 6.45) is 0.908. The molecule has 30 heavy (non-hydrogen) atoms. The van der Waals surface area contributed by atoms with Gasteiger partial charge in [-0.25, -0.2) is 4.98 Å². The molecular weight excluding hydrogens is 509 g/mol. The van der Waals surface area contributed by atoms with Gasteiger partial charge in [0.2, 0.25) is 0 Å². The first-order valence-corrected chi connectivity index (χ1v) is 11.1. The molecule has 0 spiro atoms. The van der Waals surface area contributed by atoms with Crippen molar-refractivity contribution < 1.29 is 4.74 Å². The molecule has 1 aliphatic rings. The molecule has 0 radical (unpaired) electrons. The number of aliphatic imine (C=N–C) groups is 1. The summed E-state index contributed by atoms with van der Waals surface area (Å²) in [7, 11) is 1.82. The van der Waals surface area contributed by atoms with Gasteiger partial charge in [0.15, 0.2) is 5.96 Å². The fourth-order valence-corrected chi connectivity index (χ4v) is 4.51. The molecule has 2 N–H and O–H groups in total. The van der Waals surface area contributed by atoms with Gasteiger partial charge >= 0.3 is 0 Å². The van der Waals surface area contributed by atoms with Gasteiger partial charge in [0.1, 0.15) is 0 Å². The molecule has 6 nitrogen and oxygen atoms in total. The molecule has 1 saturated heterocycles. The SMILES string of the molecule is CN=C(NCCc1nc(C)c(C)s1)NCC(c1cccc(C)c1)N1CCOCC1.I. The lowest BCUT2D eigenvalue weighted by Gasteiger charge is -2.35. The third-order valence-electron chi connectivity index (χ3n) is 5.30. The predicted molar refractivity (Wildman–Crippen MR) is 136 cm³/mol. The van der Waals surface area contributed by atoms with Crippen LogP contribution < -0.4 is 10.6 Å². The lowest BCUT2D eigenvalue weighted by Crippen LogP contribution is -2.46. The normalized spacial score (nSPS) is 16.1. The molecule has 1 atom stereocenters. The van der Waals surface area contributed by atoms with Gasteiger partial charge in [-0.15, -0.1) is 35.3 Å². The molecule has 1 unspecified atom stereocenters. The zero-order valence-corrected chi connectivity index (χ0v) is 21.5. The Labute approximate surface area is 201 Å². The predicted octanol–water partition coefficient (Wildman–Crippen LogP) is 3.47. The molecular formula is C22H34IN5OS. The Morgan fingerprint density at radius 1 is 1.23 bits per heavy atom. The van der Waals surface area contributed by atoms with Gasteiger partial charge < -0.3 is 15.4 Å². The zero-order valence-electron chi connectivity index (χ0n) is 18.4. The topological polar surface area (TPSA) is 61.8 Å². The number of rotatable bonds is 7. The monoisotopic (exact) mass is 543 g/mol. The molecule has 166 valence electrons. The summed E-state index contributed by atoms with van der Waals surface area (Å²) in [4.78, 5) is 12.8. The number of benzene rings is 1. The molecule has 1 aromatic heterocycles. The average Bonchev–Trinajstić information content (AvgIpc) is 3.05. The van der Waals surface area contributed by atoms with Crippen molar-refractivity contribution in [1.82, 2.24) is 20.5 Å². The van der Waals surface area contributed by atoms with E-state index in [1.807, 2.05) is 7.05 Å². The molecule has 1 aromatic carbocycles. The molecule has 1 aliphatic heterocycles. The van der Waals surface area contributed by atoms with E-state index in [1.165, 1.54) is 21.0 Å². The molecule has 0 saturated carbocycles. The van der Waals surface area contributed by atoms with Crippen molar-refractivity contribution in [3.05, 3.63) is 51.0 Å². The van der Waals surface area contributed by atoms with E-state index >= 15 is 0 Å². The summed E-state index contributed by atoms with van der Waals surface area (Å²) in [5, 5.41) is 8.13. The maximum Gasteiger partial charge on any atom is 0.191 e. The van der Waals surface area contributed by atoms with E-state index in [4.69, 9.17) is 4.74 Å². The number of hydrogen-bond acceptors (Lipinski definition) is 5. The molecule has 2 aromatic rings. The van der Waals surface area contributed by atoms with Gasteiger partial charge in [-0.2, -0.15) is 0 Å². The maximum atomic E-state index is 5.56. The van der Waals surface area contributed by atoms with Gasteiger partial charge in [0, 0.05) is 44.5 Å². The van der Waals surface area contributed by atoms with Crippen LogP contribution in [0.1, 0.15) is 32.7 Å². The van der Waals surface area contributed by atoms with Crippen LogP contribution >= 0.6 is 35.3 Å². The highest BCUT2D eigenvalue weighted by molar-refractivity contribution is 14.0. The van der Waals surface area contributed by atoms with E-state index in [0.29, 0.717) is 6.04 Å². The minimum Gasteiger partial charge on any atom is -0.379 e. The molecule has 8 heteroatoms. The van der Waals surface area contributed by atoms with E-state index in [0.717, 1.165) is 57.5 Å². The smallest absolute Gasteiger partial charge is 0.191 e. The Hall–Kier alpha value is -1.23. The van der Waals surface area contributed by atoms with Crippen LogP contribution in [0.15, 0.2) is 29.3 Å². The second-order valence-electron chi connectivity index (χ2n) is 7.46. The standard InChI is InChI=1S/C22H33N5OS.HI/c1-16-6-5-7-19(14-16)20(27-10-12-28-13-11-27)15-25-22(23-4)24-9-8-21-26-17(2)18(3)29-21;/h5-7,14,20H,8-13,15H2,1-4H3,(H2,23,24,25);1H. The van der Waals surface area contributed by atoms with Gasteiger partial charge in [-0.1, -0.05) is 29.8 Å². The number of thiazole rings is 1. The van der Waals surface area contributed by atoms with Crippen LogP contribution in [0.5, 0.6) is 0 Å². The number of aromatic nitrogens is 1. The number of nitrogens with one attached hydrogen (secondary N) is 2. The van der Waals surface area contributed by atoms with Crippen molar-refractivity contribution >= 4 is 41.3 Å². The third-order valence-corrected chi connectivity index (χ3v) is 6.44. The van der Waals surface area contributed by atoms with E-state index in [2.05, 4.69) is 70.5 Å². The third kappa shape index (κ3) is 7.18. The Morgan fingerprint density at radius 3 is 2.63 bits per heavy atom. The summed E-state index contributed by atoms with van der Waals surface area (Å²) in [6, 6.07) is 9.09. The van der Waals surface area contributed by atoms with Gasteiger partial charge in [-0.3, -0.25) is 9.89 Å². The van der Waals surface area contributed by atoms with Crippen molar-refractivity contribution in [3.63, 3.8) is 0 Å². The zero-order chi connectivity index (χ0) is 20.6. The lowest BCUT2D eigenvalue weighted by molar-refractivity contribution is 0.0170. The quantitative estimate of drug-likeness (QED) is 0.318. The van der Waals surface area contributed by atoms with Gasteiger partial charge in [0.05, 0.1) is 30.0 Å². The summed E-state index contributed by atoms with van der Waals surface area (Å²) >= 11 is 1.78. The highest BCUT2D eigenvalue weighted by Crippen LogP contribution is 2.22. The van der Waals surface area contributed by atoms with Crippen molar-refractivity contribution in [1.29, 1.82) is 0 Å². The van der Waals surface area contributed by atoms with Crippen LogP contribution in [0.3, 0.4) is 0 Å². The van der Waals surface area contributed by atoms with Crippen molar-refractivity contribution in [2.24, 2.45) is 4.99 Å². The maximum absolute atomic E-state index is 5.56. The van der Waals surface area contributed by atoms with Crippen LogP contribution in [0.25, 0.3) is 0 Å². The fourth-order valence-electron chi connectivity index (χ4n) is 3.57. The summed E-state index contributed by atoms with van der Waals surface area (Å²) in [6.45, 7) is 11.5. The molecule has 0 bridgehead atoms. The van der Waals surface area contributed by atoms with Crippen LogP contribution in [-0.2, 0) is 11.2 Å². The van der Waals surface area contributed by atoms with Crippen molar-refractivity contribution in [2.75, 3.05) is 46.4 Å². The van der Waals surface area contributed by atoms with Crippen LogP contribution in [0, 0.1) is 20.8 Å². The summed E-state index contributed by atoms with van der Waals surface area (Å²) < 4.78 is 5.56. The van der Waals surface area contributed by atoms with Crippen molar-refractivity contribution in [3.8, 4) is 0 Å². The fraction of sp³-hybridized carbons (Fsp3) is 0.545. The number of guanidine groups is 1. The number of aryl methyl sites for hydroxylation is 3. The van der Waals surface area contributed by atoms with Crippen LogP contribution in [0.2, 0.25) is 0 Å². The number of morpholine rings is 1. The minimum atomic E-state index is 0. The molecule has 3 rings (SSSR count). The minimum absolute atomic E-state index is 0. The lowest BCUT2D eigenvalue weighted by atomic mass is 10.0. The largest absolute Gasteiger partial charge is 0.379 e. The molecule has 2 heterocycles. The average molecular weight is 544 g/mol. The Bertz CT molecular complexity index is 800. The Kier molecular flexibility index (Phi) is 10.5. The Balaban J connectivity index is 0.00000320. The van der Waals surface area contributed by atoms with Crippen LogP contribution in [-0.4, -0.2) is 62.3 Å². The second-order valence-corrected chi connectivity index (χ2v) is 8.75. The number of nitrogens with zero attached hydrogens (tertiary/aromatic N) is 3. The molecule has 0 amide bonds. The molecule has 0 aliphatic carbocycles. The first-order chi connectivity index (χ1) is 14.1. The second kappa shape index (κ2) is 12.6. The molecule has 1 fully saturated rings. The first kappa shape index (κ1) is 25.0. The van der Waals surface area contributed by atoms with E-state index < -0.39 is 0 Å². The Morgan fingerprint density at radius 2 is 2.00 bits per heavy atom. The van der Waals surface area contributed by atoms with Gasteiger partial charge in [0.25, 0.3) is 0 Å². The number of ether oxygens (including phenoxy) is 1. The first-order valence-electron chi connectivity index (χ1n) is 10.3. The number of halogens is 1. The number of hydrogen-bond donors (Lipinski definition) is 2. The highest BCUT2D eigenvalue weighted by Gasteiger charge is 2.23. The van der Waals surface area contributed by atoms with E-state index in [-0.39, 0.29) is 24.0 Å². The van der Waals surface area contributed by atoms with E-state index in [9.17, 15) is 0 Å². The van der Waals surface area contributed by atoms with E-state index in [1.54, 1.807) is 11.3 Å². The highest BCUT2D eigenvalue weighted by atomic mass is 127. The van der Waals surface area contributed by atoms with Crippen molar-refractivity contribution in [2.45, 2.75) is 33.2 Å².